The number of nitrogens with zero attached hydrogens (tertiary/aromatic N) is 1. The predicted octanol–water partition coefficient (Wildman–Crippen LogP) is 4.77. The van der Waals surface area contributed by atoms with Crippen LogP contribution in [0.3, 0.4) is 0 Å². The van der Waals surface area contributed by atoms with E-state index in [1.807, 2.05) is 25.1 Å². The summed E-state index contributed by atoms with van der Waals surface area (Å²) in [5.74, 6) is 0.277. The smallest absolute Gasteiger partial charge is 0.295 e. The molecule has 0 bridgehead atoms. The van der Waals surface area contributed by atoms with E-state index in [2.05, 4.69) is 0 Å². The highest BCUT2D eigenvalue weighted by atomic mass is 16.5. The van der Waals surface area contributed by atoms with Gasteiger partial charge in [0.25, 0.3) is 11.7 Å². The van der Waals surface area contributed by atoms with Gasteiger partial charge in [0.15, 0.2) is 0 Å². The summed E-state index contributed by atoms with van der Waals surface area (Å²) >= 11 is 0. The molecule has 3 aromatic rings. The Labute approximate surface area is 210 Å². The van der Waals surface area contributed by atoms with Crippen molar-refractivity contribution in [1.29, 1.82) is 0 Å². The van der Waals surface area contributed by atoms with Crippen LogP contribution in [0, 0.1) is 0 Å². The highest BCUT2D eigenvalue weighted by Crippen LogP contribution is 2.40. The lowest BCUT2D eigenvalue weighted by molar-refractivity contribution is -0.140. The Morgan fingerprint density at radius 3 is 2.19 bits per heavy atom. The van der Waals surface area contributed by atoms with Gasteiger partial charge in [-0.15, -0.1) is 0 Å². The summed E-state index contributed by atoms with van der Waals surface area (Å²) in [7, 11) is 3.14. The molecule has 4 rings (SSSR count). The number of aryl methyl sites for hydroxylation is 1. The number of aliphatic hydroxyl groups is 1. The number of ketones is 1. The molecular weight excluding hydrogens is 458 g/mol. The first-order valence-electron chi connectivity index (χ1n) is 11.7. The lowest BCUT2D eigenvalue weighted by Crippen LogP contribution is -2.33. The number of methoxy groups -OCH3 is 2. The van der Waals surface area contributed by atoms with Crippen LogP contribution in [-0.2, 0) is 16.0 Å². The summed E-state index contributed by atoms with van der Waals surface area (Å²) < 4.78 is 16.3. The number of rotatable bonds is 9. The van der Waals surface area contributed by atoms with Crippen LogP contribution < -0.4 is 14.2 Å². The van der Waals surface area contributed by atoms with Gasteiger partial charge in [0.1, 0.15) is 29.6 Å². The van der Waals surface area contributed by atoms with Crippen LogP contribution >= 0.6 is 0 Å². The van der Waals surface area contributed by atoms with E-state index in [1.54, 1.807) is 68.8 Å². The van der Waals surface area contributed by atoms with Gasteiger partial charge in [-0.1, -0.05) is 43.3 Å². The van der Waals surface area contributed by atoms with Crippen molar-refractivity contribution in [2.75, 3.05) is 27.4 Å². The van der Waals surface area contributed by atoms with Crippen LogP contribution in [0.15, 0.2) is 78.4 Å². The number of aliphatic hydroxyl groups excluding tert-OH is 1. The molecule has 1 amide bonds. The molecule has 3 aromatic carbocycles. The topological polar surface area (TPSA) is 85.3 Å². The summed E-state index contributed by atoms with van der Waals surface area (Å²) in [6, 6.07) is 20.8. The summed E-state index contributed by atoms with van der Waals surface area (Å²) in [5.41, 5.74) is 2.28. The molecule has 1 saturated heterocycles. The van der Waals surface area contributed by atoms with E-state index in [1.165, 1.54) is 4.90 Å². The van der Waals surface area contributed by atoms with Crippen molar-refractivity contribution in [3.05, 3.63) is 95.1 Å². The Morgan fingerprint density at radius 2 is 1.56 bits per heavy atom. The van der Waals surface area contributed by atoms with E-state index >= 15 is 0 Å². The number of ether oxygens (including phenoxy) is 3. The highest BCUT2D eigenvalue weighted by Gasteiger charge is 2.46. The monoisotopic (exact) mass is 487 g/mol. The lowest BCUT2D eigenvalue weighted by atomic mass is 9.94. The van der Waals surface area contributed by atoms with Crippen LogP contribution in [0.4, 0.5) is 0 Å². The first-order chi connectivity index (χ1) is 17.5. The maximum absolute atomic E-state index is 13.2. The average Bonchev–Trinajstić information content (AvgIpc) is 3.18. The van der Waals surface area contributed by atoms with E-state index < -0.39 is 17.7 Å². The Morgan fingerprint density at radius 1 is 0.889 bits per heavy atom. The summed E-state index contributed by atoms with van der Waals surface area (Å²) in [6.45, 7) is 2.34. The third-order valence-corrected chi connectivity index (χ3v) is 6.25. The van der Waals surface area contributed by atoms with Gasteiger partial charge in [-0.05, 0) is 53.9 Å². The van der Waals surface area contributed by atoms with Crippen LogP contribution in [0.2, 0.25) is 0 Å². The molecule has 36 heavy (non-hydrogen) atoms. The second-order valence-electron chi connectivity index (χ2n) is 8.34. The predicted molar refractivity (Wildman–Crippen MR) is 136 cm³/mol. The van der Waals surface area contributed by atoms with Gasteiger partial charge < -0.3 is 24.2 Å². The molecule has 1 heterocycles. The van der Waals surface area contributed by atoms with Crippen LogP contribution in [0.5, 0.6) is 17.2 Å². The molecule has 0 saturated carbocycles. The van der Waals surface area contributed by atoms with Gasteiger partial charge in [-0.25, -0.2) is 0 Å². The van der Waals surface area contributed by atoms with Crippen molar-refractivity contribution in [2.45, 2.75) is 19.4 Å². The zero-order valence-corrected chi connectivity index (χ0v) is 20.6. The molecule has 1 aliphatic rings. The molecule has 1 atom stereocenters. The maximum Gasteiger partial charge on any atom is 0.295 e. The van der Waals surface area contributed by atoms with Crippen LogP contribution in [0.1, 0.15) is 29.7 Å². The first-order valence-corrected chi connectivity index (χ1v) is 11.7. The number of Topliss-reactive ketones (excluding diaryl/α,β-unsaturated/α-hetero) is 1. The minimum Gasteiger partial charge on any atom is -0.507 e. The number of hydrogen-bond acceptors (Lipinski definition) is 6. The molecule has 7 nitrogen and oxygen atoms in total. The molecule has 1 unspecified atom stereocenters. The molecule has 0 spiro atoms. The minimum absolute atomic E-state index is 0.0435. The standard InChI is InChI=1S/C29H29NO6/c1-4-19-8-10-20(11-9-19)27(31)25-26(21-6-5-7-24(18-21)35-3)30(29(33)28(25)32)16-17-36-23-14-12-22(34-2)13-15-23/h5-15,18,26,31H,4,16-17H2,1-3H3/b27-25-. The maximum atomic E-state index is 13.2. The van der Waals surface area contributed by atoms with Gasteiger partial charge in [0, 0.05) is 5.56 Å². The van der Waals surface area contributed by atoms with Gasteiger partial charge >= 0.3 is 0 Å². The number of hydrogen-bond donors (Lipinski definition) is 1. The summed E-state index contributed by atoms with van der Waals surface area (Å²) in [4.78, 5) is 27.8. The van der Waals surface area contributed by atoms with Crippen molar-refractivity contribution < 1.29 is 28.9 Å². The fourth-order valence-electron chi connectivity index (χ4n) is 4.26. The summed E-state index contributed by atoms with van der Waals surface area (Å²) in [5, 5.41) is 11.2. The van der Waals surface area contributed by atoms with Crippen LogP contribution in [-0.4, -0.2) is 49.1 Å². The van der Waals surface area contributed by atoms with Crippen LogP contribution in [0.25, 0.3) is 5.76 Å². The average molecular weight is 488 g/mol. The zero-order chi connectivity index (χ0) is 25.7. The zero-order valence-electron chi connectivity index (χ0n) is 20.6. The van der Waals surface area contributed by atoms with Crippen molar-refractivity contribution in [3.8, 4) is 17.2 Å². The number of carbonyl (C=O) groups excluding carboxylic acids is 2. The van der Waals surface area contributed by atoms with Crippen molar-refractivity contribution in [1.82, 2.24) is 4.90 Å². The first kappa shape index (κ1) is 24.9. The molecule has 1 fully saturated rings. The molecular formula is C29H29NO6. The van der Waals surface area contributed by atoms with Crippen molar-refractivity contribution in [3.63, 3.8) is 0 Å². The lowest BCUT2D eigenvalue weighted by Gasteiger charge is -2.25. The van der Waals surface area contributed by atoms with Gasteiger partial charge in [0.05, 0.1) is 32.4 Å². The van der Waals surface area contributed by atoms with E-state index in [4.69, 9.17) is 14.2 Å². The van der Waals surface area contributed by atoms with E-state index in [0.717, 1.165) is 12.0 Å². The summed E-state index contributed by atoms with van der Waals surface area (Å²) in [6.07, 6.45) is 0.851. The Hall–Kier alpha value is -4.26. The van der Waals surface area contributed by atoms with E-state index in [0.29, 0.717) is 28.4 Å². The van der Waals surface area contributed by atoms with E-state index in [9.17, 15) is 14.7 Å². The fraction of sp³-hybridized carbons (Fsp3) is 0.241. The normalized spacial score (nSPS) is 16.8. The number of carbonyl (C=O) groups is 2. The molecule has 1 aliphatic heterocycles. The Bertz CT molecular complexity index is 1260. The number of amides is 1. The fourth-order valence-corrected chi connectivity index (χ4v) is 4.26. The second-order valence-corrected chi connectivity index (χ2v) is 8.34. The molecule has 0 radical (unpaired) electrons. The third-order valence-electron chi connectivity index (χ3n) is 6.25. The van der Waals surface area contributed by atoms with Crippen molar-refractivity contribution >= 4 is 17.4 Å². The third kappa shape index (κ3) is 5.05. The number of benzene rings is 3. The second kappa shape index (κ2) is 11.0. The molecule has 1 N–H and O–H groups in total. The SMILES string of the molecule is CCc1ccc(/C(O)=C2/C(=O)C(=O)N(CCOc3ccc(OC)cc3)C2c2cccc(OC)c2)cc1. The molecule has 0 aromatic heterocycles. The van der Waals surface area contributed by atoms with Crippen molar-refractivity contribution in [2.24, 2.45) is 0 Å². The van der Waals surface area contributed by atoms with Gasteiger partial charge in [0.2, 0.25) is 0 Å². The Balaban J connectivity index is 1.68. The number of likely N-dealkylation sites (tertiary alicyclic amines) is 1. The largest absolute Gasteiger partial charge is 0.507 e. The molecule has 186 valence electrons. The Kier molecular flexibility index (Phi) is 7.59. The highest BCUT2D eigenvalue weighted by molar-refractivity contribution is 6.46. The van der Waals surface area contributed by atoms with E-state index in [-0.39, 0.29) is 24.5 Å². The molecule has 0 aliphatic carbocycles. The quantitative estimate of drug-likeness (QED) is 0.266. The minimum atomic E-state index is -0.787. The van der Waals surface area contributed by atoms with Gasteiger partial charge in [-0.2, -0.15) is 0 Å². The molecule has 7 heteroatoms. The van der Waals surface area contributed by atoms with Gasteiger partial charge in [-0.3, -0.25) is 9.59 Å².